The molecule has 0 aliphatic carbocycles. The molecule has 5 rings (SSSR count). The molecule has 0 bridgehead atoms. The van der Waals surface area contributed by atoms with Crippen LogP contribution in [0.3, 0.4) is 0 Å². The molecule has 0 aliphatic heterocycles. The lowest BCUT2D eigenvalue weighted by atomic mass is 9.71. The molecule has 1 N–H and O–H groups in total. The summed E-state index contributed by atoms with van der Waals surface area (Å²) in [4.78, 5) is 0. The van der Waals surface area contributed by atoms with Gasteiger partial charge in [-0.3, -0.25) is 0 Å². The van der Waals surface area contributed by atoms with E-state index in [2.05, 4.69) is 109 Å². The Balaban J connectivity index is 1.72. The highest BCUT2D eigenvalue weighted by Gasteiger charge is 2.39. The Morgan fingerprint density at radius 3 is 2.12 bits per heavy atom. The van der Waals surface area contributed by atoms with Crippen molar-refractivity contribution in [1.29, 1.82) is 0 Å². The predicted octanol–water partition coefficient (Wildman–Crippen LogP) is 6.78. The van der Waals surface area contributed by atoms with E-state index in [1.54, 1.807) is 0 Å². The predicted molar refractivity (Wildman–Crippen MR) is 144 cm³/mol. The topological polar surface area (TPSA) is 34.4 Å². The number of aromatic nitrogens is 1. The second-order valence-electron chi connectivity index (χ2n) is 9.91. The summed E-state index contributed by atoms with van der Waals surface area (Å²) in [7, 11) is -0.296. The number of rotatable bonds is 6. The van der Waals surface area contributed by atoms with Gasteiger partial charge in [-0.15, -0.1) is 0 Å². The molecule has 0 unspecified atom stereocenters. The van der Waals surface area contributed by atoms with Crippen molar-refractivity contribution in [3.8, 4) is 16.8 Å². The molecule has 0 atom stereocenters. The number of nitrogens with zero attached hydrogens (tertiary/aromatic N) is 1. The first-order chi connectivity index (χ1) is 16.3. The quantitative estimate of drug-likeness (QED) is 0.291. The number of benzene rings is 4. The van der Waals surface area contributed by atoms with Gasteiger partial charge in [0.25, 0.3) is 0 Å². The van der Waals surface area contributed by atoms with Gasteiger partial charge in [-0.2, -0.15) is 0 Å². The molecule has 170 valence electrons. The number of fused-ring (bicyclic) bond motifs is 3. The molecule has 4 aromatic carbocycles. The van der Waals surface area contributed by atoms with Crippen LogP contribution < -0.4 is 0 Å². The zero-order valence-corrected chi connectivity index (χ0v) is 20.2. The van der Waals surface area contributed by atoms with Crippen molar-refractivity contribution in [3.05, 3.63) is 103 Å². The summed E-state index contributed by atoms with van der Waals surface area (Å²) < 4.78 is 8.08. The Labute approximate surface area is 201 Å². The Kier molecular flexibility index (Phi) is 5.59. The minimum absolute atomic E-state index is 0.296. The van der Waals surface area contributed by atoms with Crippen molar-refractivity contribution in [2.75, 3.05) is 0 Å². The van der Waals surface area contributed by atoms with Gasteiger partial charge in [0.2, 0.25) is 0 Å². The highest BCUT2D eigenvalue weighted by molar-refractivity contribution is 6.16. The molecule has 0 fully saturated rings. The van der Waals surface area contributed by atoms with E-state index < -0.39 is 5.60 Å². The van der Waals surface area contributed by atoms with E-state index in [0.717, 1.165) is 5.69 Å². The SMILES string of the molecule is CC(C)(OBO)C(C)(C)c1ccc2c(c1)c1ccccc1n2-c1cccc(-c2ccccc2)c1. The standard InChI is InChI=1S/C30H30BNO2/c1-29(2,30(3,4)34-31-33)23-17-18-28-26(20-23)25-15-8-9-16-27(25)32(28)24-14-10-13-22(19-24)21-11-6-5-7-12-21/h5-20,31,33H,1-4H3. The van der Waals surface area contributed by atoms with Crippen LogP contribution in [0.1, 0.15) is 33.3 Å². The molecule has 4 heteroatoms. The first-order valence-electron chi connectivity index (χ1n) is 11.8. The third-order valence-corrected chi connectivity index (χ3v) is 7.54. The van der Waals surface area contributed by atoms with Crippen LogP contribution in [0, 0.1) is 0 Å². The van der Waals surface area contributed by atoms with Gasteiger partial charge in [0.1, 0.15) is 0 Å². The number of hydrogen-bond donors (Lipinski definition) is 1. The Hall–Kier alpha value is -3.34. The number of para-hydroxylation sites is 1. The van der Waals surface area contributed by atoms with Gasteiger partial charge in [-0.25, -0.2) is 0 Å². The van der Waals surface area contributed by atoms with Crippen molar-refractivity contribution in [2.45, 2.75) is 38.7 Å². The lowest BCUT2D eigenvalue weighted by Crippen LogP contribution is -2.45. The van der Waals surface area contributed by atoms with Crippen LogP contribution in [0.4, 0.5) is 0 Å². The van der Waals surface area contributed by atoms with Crippen molar-refractivity contribution in [1.82, 2.24) is 4.57 Å². The fraction of sp³-hybridized carbons (Fsp3) is 0.200. The van der Waals surface area contributed by atoms with E-state index in [9.17, 15) is 5.02 Å². The Morgan fingerprint density at radius 2 is 1.35 bits per heavy atom. The van der Waals surface area contributed by atoms with Gasteiger partial charge < -0.3 is 14.2 Å². The van der Waals surface area contributed by atoms with E-state index in [4.69, 9.17) is 4.65 Å². The second kappa shape index (κ2) is 8.46. The molecule has 1 heterocycles. The Morgan fingerprint density at radius 1 is 0.676 bits per heavy atom. The maximum absolute atomic E-state index is 9.43. The van der Waals surface area contributed by atoms with Gasteiger partial charge in [0, 0.05) is 21.9 Å². The largest absolute Gasteiger partial charge is 0.435 e. The van der Waals surface area contributed by atoms with E-state index in [1.165, 1.54) is 38.5 Å². The van der Waals surface area contributed by atoms with Crippen LogP contribution in [-0.2, 0) is 10.1 Å². The van der Waals surface area contributed by atoms with Crippen LogP contribution in [0.2, 0.25) is 0 Å². The highest BCUT2D eigenvalue weighted by Crippen LogP contribution is 2.40. The summed E-state index contributed by atoms with van der Waals surface area (Å²) in [6, 6.07) is 34.5. The van der Waals surface area contributed by atoms with Gasteiger partial charge in [0.15, 0.2) is 0 Å². The molecule has 0 aliphatic rings. The normalized spacial score (nSPS) is 12.4. The first kappa shape index (κ1) is 22.5. The monoisotopic (exact) mass is 447 g/mol. The molecule has 0 saturated carbocycles. The molecule has 34 heavy (non-hydrogen) atoms. The fourth-order valence-corrected chi connectivity index (χ4v) is 4.78. The summed E-state index contributed by atoms with van der Waals surface area (Å²) >= 11 is 0. The maximum atomic E-state index is 9.43. The molecular weight excluding hydrogens is 417 g/mol. The van der Waals surface area contributed by atoms with Crippen molar-refractivity contribution in [3.63, 3.8) is 0 Å². The van der Waals surface area contributed by atoms with E-state index >= 15 is 0 Å². The summed E-state index contributed by atoms with van der Waals surface area (Å²) in [6.45, 7) is 8.41. The van der Waals surface area contributed by atoms with Gasteiger partial charge in [0.05, 0.1) is 16.6 Å². The van der Waals surface area contributed by atoms with Crippen molar-refractivity contribution < 1.29 is 9.68 Å². The molecule has 1 aromatic heterocycles. The summed E-state index contributed by atoms with van der Waals surface area (Å²) in [6.07, 6.45) is 0. The minimum Gasteiger partial charge on any atom is -0.430 e. The zero-order valence-electron chi connectivity index (χ0n) is 20.2. The Bertz CT molecular complexity index is 1470. The molecule has 5 aromatic rings. The third kappa shape index (κ3) is 3.64. The molecule has 0 radical (unpaired) electrons. The van der Waals surface area contributed by atoms with Crippen LogP contribution in [0.5, 0.6) is 0 Å². The first-order valence-corrected chi connectivity index (χ1v) is 11.8. The van der Waals surface area contributed by atoms with Crippen molar-refractivity contribution in [2.24, 2.45) is 0 Å². The third-order valence-electron chi connectivity index (χ3n) is 7.54. The van der Waals surface area contributed by atoms with E-state index in [1.807, 2.05) is 19.9 Å². The maximum Gasteiger partial charge on any atom is 0.435 e. The average molecular weight is 447 g/mol. The summed E-state index contributed by atoms with van der Waals surface area (Å²) in [5.41, 5.74) is 6.25. The second-order valence-corrected chi connectivity index (χ2v) is 9.91. The van der Waals surface area contributed by atoms with Gasteiger partial charge in [-0.05, 0) is 60.9 Å². The fourth-order valence-electron chi connectivity index (χ4n) is 4.78. The molecule has 3 nitrogen and oxygen atoms in total. The van der Waals surface area contributed by atoms with E-state index in [0.29, 0.717) is 0 Å². The summed E-state index contributed by atoms with van der Waals surface area (Å²) in [5.74, 6) is 0. The van der Waals surface area contributed by atoms with Gasteiger partial charge in [-0.1, -0.05) is 80.6 Å². The lowest BCUT2D eigenvalue weighted by molar-refractivity contribution is 0.0258. The van der Waals surface area contributed by atoms with Crippen LogP contribution in [0.25, 0.3) is 38.6 Å². The van der Waals surface area contributed by atoms with Crippen LogP contribution in [0.15, 0.2) is 97.1 Å². The van der Waals surface area contributed by atoms with Crippen LogP contribution >= 0.6 is 0 Å². The molecular formula is C30H30BNO2. The lowest BCUT2D eigenvalue weighted by Gasteiger charge is -2.42. The highest BCUT2D eigenvalue weighted by atomic mass is 16.5. The summed E-state index contributed by atoms with van der Waals surface area (Å²) in [5, 5.41) is 11.9. The smallest absolute Gasteiger partial charge is 0.430 e. The zero-order chi connectivity index (χ0) is 23.9. The van der Waals surface area contributed by atoms with Gasteiger partial charge >= 0.3 is 7.69 Å². The molecule has 0 spiro atoms. The average Bonchev–Trinajstić information content (AvgIpc) is 3.18. The molecule has 0 saturated heterocycles. The van der Waals surface area contributed by atoms with Crippen molar-refractivity contribution >= 4 is 29.5 Å². The van der Waals surface area contributed by atoms with E-state index in [-0.39, 0.29) is 13.1 Å². The van der Waals surface area contributed by atoms with Crippen LogP contribution in [-0.4, -0.2) is 22.9 Å². The molecule has 0 amide bonds. The number of hydrogen-bond acceptors (Lipinski definition) is 2. The minimum atomic E-state index is -0.530.